The zero-order valence-electron chi connectivity index (χ0n) is 5.59. The highest BCUT2D eigenvalue weighted by Gasteiger charge is 2.23. The summed E-state index contributed by atoms with van der Waals surface area (Å²) in [5.74, 6) is 2.21. The Bertz CT molecular complexity index is 167. The SMILES string of the molecule is C#CCOC(=O)NC1CC1. The number of amides is 1. The average molecular weight is 139 g/mol. The van der Waals surface area contributed by atoms with Crippen molar-refractivity contribution in [3.8, 4) is 12.3 Å². The highest BCUT2D eigenvalue weighted by atomic mass is 16.5. The molecule has 1 saturated carbocycles. The van der Waals surface area contributed by atoms with Gasteiger partial charge in [-0.1, -0.05) is 5.92 Å². The molecule has 0 aromatic rings. The van der Waals surface area contributed by atoms with Gasteiger partial charge in [-0.15, -0.1) is 6.42 Å². The molecule has 1 fully saturated rings. The zero-order chi connectivity index (χ0) is 7.40. The van der Waals surface area contributed by atoms with Gasteiger partial charge >= 0.3 is 6.09 Å². The normalized spacial score (nSPS) is 15.5. The van der Waals surface area contributed by atoms with Crippen LogP contribution in [0.15, 0.2) is 0 Å². The minimum Gasteiger partial charge on any atom is -0.436 e. The average Bonchev–Trinajstić information content (AvgIpc) is 2.67. The van der Waals surface area contributed by atoms with Crippen molar-refractivity contribution in [2.75, 3.05) is 6.61 Å². The molecule has 0 unspecified atom stereocenters. The Balaban J connectivity index is 2.03. The molecular weight excluding hydrogens is 130 g/mol. The summed E-state index contributed by atoms with van der Waals surface area (Å²) in [7, 11) is 0. The first-order valence-electron chi connectivity index (χ1n) is 3.19. The van der Waals surface area contributed by atoms with E-state index in [2.05, 4.69) is 16.0 Å². The molecule has 1 rings (SSSR count). The lowest BCUT2D eigenvalue weighted by Crippen LogP contribution is -2.26. The first-order chi connectivity index (χ1) is 4.83. The maximum Gasteiger partial charge on any atom is 0.408 e. The van der Waals surface area contributed by atoms with Crippen molar-refractivity contribution in [1.82, 2.24) is 5.32 Å². The van der Waals surface area contributed by atoms with E-state index in [9.17, 15) is 4.79 Å². The number of carbonyl (C=O) groups excluding carboxylic acids is 1. The monoisotopic (exact) mass is 139 g/mol. The number of terminal acetylenes is 1. The molecule has 0 saturated heterocycles. The number of carbonyl (C=O) groups is 1. The molecule has 1 amide bonds. The highest BCUT2D eigenvalue weighted by Crippen LogP contribution is 2.18. The Morgan fingerprint density at radius 3 is 3.00 bits per heavy atom. The second-order valence-corrected chi connectivity index (χ2v) is 2.20. The molecular formula is C7H9NO2. The maximum atomic E-state index is 10.6. The van der Waals surface area contributed by atoms with Gasteiger partial charge in [-0.05, 0) is 12.8 Å². The van der Waals surface area contributed by atoms with Crippen molar-refractivity contribution in [3.05, 3.63) is 0 Å². The van der Waals surface area contributed by atoms with Crippen LogP contribution in [0.4, 0.5) is 4.79 Å². The molecule has 0 bridgehead atoms. The second-order valence-electron chi connectivity index (χ2n) is 2.20. The topological polar surface area (TPSA) is 38.3 Å². The van der Waals surface area contributed by atoms with E-state index < -0.39 is 6.09 Å². The van der Waals surface area contributed by atoms with Gasteiger partial charge in [0.1, 0.15) is 0 Å². The van der Waals surface area contributed by atoms with E-state index in [0.29, 0.717) is 6.04 Å². The molecule has 3 heteroatoms. The first-order valence-corrected chi connectivity index (χ1v) is 3.19. The Kier molecular flexibility index (Phi) is 2.16. The van der Waals surface area contributed by atoms with Gasteiger partial charge in [0.15, 0.2) is 6.61 Å². The molecule has 54 valence electrons. The van der Waals surface area contributed by atoms with Gasteiger partial charge in [0, 0.05) is 6.04 Å². The maximum absolute atomic E-state index is 10.6. The van der Waals surface area contributed by atoms with Gasteiger partial charge in [-0.2, -0.15) is 0 Å². The quantitative estimate of drug-likeness (QED) is 0.566. The summed E-state index contributed by atoms with van der Waals surface area (Å²) in [6.07, 6.45) is 6.59. The van der Waals surface area contributed by atoms with Crippen molar-refractivity contribution < 1.29 is 9.53 Å². The number of hydrogen-bond acceptors (Lipinski definition) is 2. The summed E-state index contributed by atoms with van der Waals surface area (Å²) in [6.45, 7) is 0.0541. The van der Waals surface area contributed by atoms with Gasteiger partial charge < -0.3 is 10.1 Å². The predicted octanol–water partition coefficient (Wildman–Crippen LogP) is 0.508. The van der Waals surface area contributed by atoms with Crippen LogP contribution in [0.5, 0.6) is 0 Å². The standard InChI is InChI=1S/C7H9NO2/c1-2-5-10-7(9)8-6-3-4-6/h1,6H,3-5H2,(H,8,9). The lowest BCUT2D eigenvalue weighted by molar-refractivity contribution is 0.159. The first kappa shape index (κ1) is 6.94. The van der Waals surface area contributed by atoms with Gasteiger partial charge in [0.2, 0.25) is 0 Å². The fourth-order valence-corrected chi connectivity index (χ4v) is 0.543. The second kappa shape index (κ2) is 3.11. The van der Waals surface area contributed by atoms with Crippen LogP contribution in [0.25, 0.3) is 0 Å². The van der Waals surface area contributed by atoms with E-state index in [1.165, 1.54) is 0 Å². The van der Waals surface area contributed by atoms with Crippen LogP contribution in [-0.4, -0.2) is 18.7 Å². The van der Waals surface area contributed by atoms with Crippen LogP contribution in [0.2, 0.25) is 0 Å². The molecule has 1 aliphatic carbocycles. The molecule has 0 aromatic heterocycles. The largest absolute Gasteiger partial charge is 0.436 e. The molecule has 10 heavy (non-hydrogen) atoms. The number of ether oxygens (including phenoxy) is 1. The van der Waals surface area contributed by atoms with Crippen LogP contribution in [0.3, 0.4) is 0 Å². The minimum atomic E-state index is -0.402. The fraction of sp³-hybridized carbons (Fsp3) is 0.571. The molecule has 0 atom stereocenters. The van der Waals surface area contributed by atoms with Crippen LogP contribution < -0.4 is 5.32 Å². The van der Waals surface area contributed by atoms with Crippen molar-refractivity contribution in [2.24, 2.45) is 0 Å². The lowest BCUT2D eigenvalue weighted by atomic mass is 10.7. The number of alkyl carbamates (subject to hydrolysis) is 1. The Labute approximate surface area is 59.7 Å². The molecule has 0 aliphatic heterocycles. The van der Waals surface area contributed by atoms with E-state index in [1.807, 2.05) is 0 Å². The van der Waals surface area contributed by atoms with E-state index >= 15 is 0 Å². The molecule has 3 nitrogen and oxygen atoms in total. The zero-order valence-corrected chi connectivity index (χ0v) is 5.59. The summed E-state index contributed by atoms with van der Waals surface area (Å²) in [4.78, 5) is 10.6. The molecule has 0 radical (unpaired) electrons. The Hall–Kier alpha value is -1.17. The smallest absolute Gasteiger partial charge is 0.408 e. The number of hydrogen-bond donors (Lipinski definition) is 1. The summed E-state index contributed by atoms with van der Waals surface area (Å²) in [5, 5.41) is 2.63. The highest BCUT2D eigenvalue weighted by molar-refractivity contribution is 5.68. The summed E-state index contributed by atoms with van der Waals surface area (Å²) < 4.78 is 4.56. The Morgan fingerprint density at radius 1 is 1.80 bits per heavy atom. The summed E-state index contributed by atoms with van der Waals surface area (Å²) in [5.41, 5.74) is 0. The molecule has 0 heterocycles. The van der Waals surface area contributed by atoms with Crippen LogP contribution in [-0.2, 0) is 4.74 Å². The minimum absolute atomic E-state index is 0.0541. The third-order valence-electron chi connectivity index (χ3n) is 1.19. The van der Waals surface area contributed by atoms with Gasteiger partial charge in [0.25, 0.3) is 0 Å². The van der Waals surface area contributed by atoms with Crippen molar-refractivity contribution >= 4 is 6.09 Å². The van der Waals surface area contributed by atoms with Crippen molar-refractivity contribution in [3.63, 3.8) is 0 Å². The molecule has 0 spiro atoms. The van der Waals surface area contributed by atoms with E-state index in [1.54, 1.807) is 0 Å². The Morgan fingerprint density at radius 2 is 2.50 bits per heavy atom. The fourth-order valence-electron chi connectivity index (χ4n) is 0.543. The molecule has 1 aliphatic rings. The van der Waals surface area contributed by atoms with E-state index in [-0.39, 0.29) is 6.61 Å². The van der Waals surface area contributed by atoms with Gasteiger partial charge in [-0.3, -0.25) is 0 Å². The van der Waals surface area contributed by atoms with Crippen LogP contribution in [0.1, 0.15) is 12.8 Å². The molecule has 0 aromatic carbocycles. The van der Waals surface area contributed by atoms with Gasteiger partial charge in [-0.25, -0.2) is 4.79 Å². The number of nitrogens with one attached hydrogen (secondary N) is 1. The number of rotatable bonds is 2. The predicted molar refractivity (Wildman–Crippen MR) is 36.3 cm³/mol. The summed E-state index contributed by atoms with van der Waals surface area (Å²) in [6, 6.07) is 0.338. The van der Waals surface area contributed by atoms with E-state index in [4.69, 9.17) is 6.42 Å². The third-order valence-corrected chi connectivity index (χ3v) is 1.19. The van der Waals surface area contributed by atoms with E-state index in [0.717, 1.165) is 12.8 Å². The van der Waals surface area contributed by atoms with Gasteiger partial charge in [0.05, 0.1) is 0 Å². The van der Waals surface area contributed by atoms with Crippen LogP contribution in [0, 0.1) is 12.3 Å². The molecule has 1 N–H and O–H groups in total. The van der Waals surface area contributed by atoms with Crippen LogP contribution >= 0.6 is 0 Å². The van der Waals surface area contributed by atoms with Crippen molar-refractivity contribution in [2.45, 2.75) is 18.9 Å². The van der Waals surface area contributed by atoms with Crippen molar-refractivity contribution in [1.29, 1.82) is 0 Å². The lowest BCUT2D eigenvalue weighted by Gasteiger charge is -2.00. The third kappa shape index (κ3) is 2.40. The summed E-state index contributed by atoms with van der Waals surface area (Å²) >= 11 is 0.